The molecule has 2 aliphatic rings. The van der Waals surface area contributed by atoms with Crippen LogP contribution in [0.5, 0.6) is 11.5 Å². The Hall–Kier alpha value is -2.98. The van der Waals surface area contributed by atoms with Crippen molar-refractivity contribution in [3.8, 4) is 11.5 Å². The summed E-state index contributed by atoms with van der Waals surface area (Å²) in [5.74, 6) is 0.570. The number of fused-ring (bicyclic) bond motifs is 1. The van der Waals surface area contributed by atoms with Gasteiger partial charge in [-0.3, -0.25) is 4.79 Å². The van der Waals surface area contributed by atoms with Gasteiger partial charge in [-0.25, -0.2) is 9.79 Å². The van der Waals surface area contributed by atoms with Crippen molar-refractivity contribution in [2.45, 2.75) is 26.3 Å². The third-order valence-corrected chi connectivity index (χ3v) is 6.08. The zero-order chi connectivity index (χ0) is 24.0. The third kappa shape index (κ3) is 5.33. The van der Waals surface area contributed by atoms with Crippen LogP contribution in [0.1, 0.15) is 31.9 Å². The number of hydrogen-bond donors (Lipinski definition) is 1. The maximum Gasteiger partial charge on any atom is 0.338 e. The Balaban J connectivity index is 2.11. The molecule has 9 nitrogen and oxygen atoms in total. The fourth-order valence-corrected chi connectivity index (χ4v) is 4.66. The minimum atomic E-state index is -0.617. The first kappa shape index (κ1) is 24.7. The molecule has 1 unspecified atom stereocenters. The molecule has 0 radical (unpaired) electrons. The second-order valence-corrected chi connectivity index (χ2v) is 8.10. The minimum absolute atomic E-state index is 0.112. The predicted octanol–water partition coefficient (Wildman–Crippen LogP) is 2.99. The lowest BCUT2D eigenvalue weighted by Gasteiger charge is -2.36. The highest BCUT2D eigenvalue weighted by atomic mass is 32.2. The van der Waals surface area contributed by atoms with E-state index in [-0.39, 0.29) is 25.5 Å². The van der Waals surface area contributed by atoms with E-state index in [2.05, 4.69) is 10.3 Å². The quantitative estimate of drug-likeness (QED) is 0.407. The molecule has 3 rings (SSSR count). The lowest BCUT2D eigenvalue weighted by Crippen LogP contribution is -2.38. The van der Waals surface area contributed by atoms with Crippen molar-refractivity contribution in [1.82, 2.24) is 10.2 Å². The lowest BCUT2D eigenvalue weighted by atomic mass is 9.92. The van der Waals surface area contributed by atoms with Crippen LogP contribution in [-0.2, 0) is 19.1 Å². The third-order valence-electron chi connectivity index (χ3n) is 5.19. The topological polar surface area (TPSA) is 98.7 Å². The van der Waals surface area contributed by atoms with Gasteiger partial charge in [-0.05, 0) is 37.5 Å². The molecule has 0 bridgehead atoms. The number of ether oxygens (including phenoxy) is 4. The van der Waals surface area contributed by atoms with Crippen molar-refractivity contribution in [1.29, 1.82) is 0 Å². The van der Waals surface area contributed by atoms with Crippen LogP contribution in [0.3, 0.4) is 0 Å². The van der Waals surface area contributed by atoms with E-state index in [1.807, 2.05) is 23.3 Å². The molecular weight excluding hydrogens is 446 g/mol. The predicted molar refractivity (Wildman–Crippen MR) is 126 cm³/mol. The van der Waals surface area contributed by atoms with Gasteiger partial charge in [-0.2, -0.15) is 0 Å². The average molecular weight is 476 g/mol. The smallest absolute Gasteiger partial charge is 0.338 e. The summed E-state index contributed by atoms with van der Waals surface area (Å²) in [6.45, 7) is 4.57. The van der Waals surface area contributed by atoms with Crippen LogP contribution in [0.15, 0.2) is 45.6 Å². The van der Waals surface area contributed by atoms with Crippen molar-refractivity contribution in [2.24, 2.45) is 4.99 Å². The summed E-state index contributed by atoms with van der Waals surface area (Å²) >= 11 is 1.41. The van der Waals surface area contributed by atoms with Crippen molar-refractivity contribution < 1.29 is 28.5 Å². The molecule has 0 aliphatic carbocycles. The number of amidine groups is 1. The first-order valence-corrected chi connectivity index (χ1v) is 11.4. The van der Waals surface area contributed by atoms with Crippen molar-refractivity contribution in [3.63, 3.8) is 0 Å². The van der Waals surface area contributed by atoms with Gasteiger partial charge in [0, 0.05) is 24.9 Å². The summed E-state index contributed by atoms with van der Waals surface area (Å²) in [4.78, 5) is 32.2. The number of allylic oxidation sites excluding steroid dienone is 1. The molecule has 1 amide bonds. The van der Waals surface area contributed by atoms with E-state index < -0.39 is 12.0 Å². The number of aliphatic imine (C=N–C) groups is 1. The number of benzene rings is 1. The largest absolute Gasteiger partial charge is 0.497 e. The fraction of sp³-hybridized carbons (Fsp3) is 0.435. The summed E-state index contributed by atoms with van der Waals surface area (Å²) in [7, 11) is 4.69. The van der Waals surface area contributed by atoms with E-state index in [1.54, 1.807) is 40.4 Å². The Morgan fingerprint density at radius 2 is 1.97 bits per heavy atom. The van der Waals surface area contributed by atoms with Gasteiger partial charge in [0.25, 0.3) is 0 Å². The SMILES string of the molecule is CCNC(=O)CC1=CSC2=NC(C)=C(C(=O)OCCOC)C(c3cc(OC)ccc3OC)N12. The molecule has 1 aromatic rings. The van der Waals surface area contributed by atoms with E-state index in [0.29, 0.717) is 40.0 Å². The molecule has 178 valence electrons. The van der Waals surface area contributed by atoms with Crippen LogP contribution in [0, 0.1) is 0 Å². The number of nitrogens with zero attached hydrogens (tertiary/aromatic N) is 2. The number of thioether (sulfide) groups is 1. The number of rotatable bonds is 10. The number of esters is 1. The summed E-state index contributed by atoms with van der Waals surface area (Å²) in [5.41, 5.74) is 2.34. The van der Waals surface area contributed by atoms with Gasteiger partial charge >= 0.3 is 5.97 Å². The number of nitrogens with one attached hydrogen (secondary N) is 1. The first-order valence-electron chi connectivity index (χ1n) is 10.5. The number of amides is 1. The summed E-state index contributed by atoms with van der Waals surface area (Å²) < 4.78 is 21.6. The lowest BCUT2D eigenvalue weighted by molar-refractivity contribution is -0.141. The summed E-state index contributed by atoms with van der Waals surface area (Å²) in [6.07, 6.45) is 0.147. The highest BCUT2D eigenvalue weighted by Gasteiger charge is 2.42. The summed E-state index contributed by atoms with van der Waals surface area (Å²) in [5, 5.41) is 5.39. The van der Waals surface area contributed by atoms with Crippen LogP contribution >= 0.6 is 11.8 Å². The average Bonchev–Trinajstić information content (AvgIpc) is 3.19. The number of carbonyl (C=O) groups excluding carboxylic acids is 2. The van der Waals surface area contributed by atoms with E-state index in [4.69, 9.17) is 18.9 Å². The molecule has 0 saturated heterocycles. The number of hydrogen-bond acceptors (Lipinski definition) is 9. The Morgan fingerprint density at radius 3 is 2.64 bits per heavy atom. The molecule has 1 N–H and O–H groups in total. The van der Waals surface area contributed by atoms with Crippen molar-refractivity contribution in [3.05, 3.63) is 46.1 Å². The van der Waals surface area contributed by atoms with Crippen LogP contribution in [0.25, 0.3) is 0 Å². The zero-order valence-corrected chi connectivity index (χ0v) is 20.3. The van der Waals surface area contributed by atoms with Crippen LogP contribution in [0.2, 0.25) is 0 Å². The highest BCUT2D eigenvalue weighted by molar-refractivity contribution is 8.16. The Kier molecular flexibility index (Phi) is 8.40. The Morgan fingerprint density at radius 1 is 1.18 bits per heavy atom. The van der Waals surface area contributed by atoms with Gasteiger partial charge in [0.2, 0.25) is 5.91 Å². The van der Waals surface area contributed by atoms with E-state index in [1.165, 1.54) is 11.8 Å². The van der Waals surface area contributed by atoms with Gasteiger partial charge in [0.15, 0.2) is 5.17 Å². The first-order chi connectivity index (χ1) is 15.9. The molecular formula is C23H29N3O6S. The molecule has 1 aromatic carbocycles. The van der Waals surface area contributed by atoms with E-state index in [9.17, 15) is 9.59 Å². The van der Waals surface area contributed by atoms with Crippen LogP contribution < -0.4 is 14.8 Å². The molecule has 1 atom stereocenters. The number of carbonyl (C=O) groups is 2. The molecule has 0 spiro atoms. The molecule has 0 saturated carbocycles. The molecule has 10 heteroatoms. The number of methoxy groups -OCH3 is 3. The van der Waals surface area contributed by atoms with Gasteiger partial charge in [0.1, 0.15) is 18.1 Å². The van der Waals surface area contributed by atoms with E-state index in [0.717, 1.165) is 5.70 Å². The van der Waals surface area contributed by atoms with Gasteiger partial charge in [-0.15, -0.1) is 0 Å². The van der Waals surface area contributed by atoms with Crippen LogP contribution in [0.4, 0.5) is 0 Å². The summed E-state index contributed by atoms with van der Waals surface area (Å²) in [6, 6.07) is 4.79. The maximum atomic E-state index is 13.2. The zero-order valence-electron chi connectivity index (χ0n) is 19.5. The maximum absolute atomic E-state index is 13.2. The van der Waals surface area contributed by atoms with Crippen molar-refractivity contribution >= 4 is 28.8 Å². The second-order valence-electron chi connectivity index (χ2n) is 7.26. The molecule has 2 heterocycles. The van der Waals surface area contributed by atoms with Crippen molar-refractivity contribution in [2.75, 3.05) is 41.1 Å². The van der Waals surface area contributed by atoms with E-state index >= 15 is 0 Å². The monoisotopic (exact) mass is 475 g/mol. The van der Waals surface area contributed by atoms with Gasteiger partial charge in [0.05, 0.1) is 44.6 Å². The van der Waals surface area contributed by atoms with Crippen LogP contribution in [-0.4, -0.2) is 63.0 Å². The fourth-order valence-electron chi connectivity index (χ4n) is 3.70. The molecule has 0 aromatic heterocycles. The molecule has 33 heavy (non-hydrogen) atoms. The highest BCUT2D eigenvalue weighted by Crippen LogP contribution is 2.47. The normalized spacial score (nSPS) is 17.2. The molecule has 2 aliphatic heterocycles. The standard InChI is InChI=1S/C23H29N3O6S/c1-6-24-19(27)11-15-13-33-23-25-14(2)20(22(28)32-10-9-29-3)21(26(15)23)17-12-16(30-4)7-8-18(17)31-5/h7-8,12-13,21H,6,9-11H2,1-5H3,(H,24,27). The second kappa shape index (κ2) is 11.2. The van der Waals surface area contributed by atoms with Gasteiger partial charge < -0.3 is 29.2 Å². The Bertz CT molecular complexity index is 1000. The Labute approximate surface area is 197 Å². The molecule has 0 fully saturated rings. The minimum Gasteiger partial charge on any atom is -0.497 e. The van der Waals surface area contributed by atoms with Gasteiger partial charge in [-0.1, -0.05) is 11.8 Å².